The molecule has 2 aliphatic rings. The van der Waals surface area contributed by atoms with Gasteiger partial charge in [0.2, 0.25) is 0 Å². The van der Waals surface area contributed by atoms with Crippen LogP contribution < -0.4 is 0 Å². The van der Waals surface area contributed by atoms with Gasteiger partial charge < -0.3 is 9.64 Å². The van der Waals surface area contributed by atoms with Crippen LogP contribution in [0.4, 0.5) is 8.78 Å². The minimum Gasteiger partial charge on any atom is -0.381 e. The molecule has 0 unspecified atom stereocenters. The number of hydrogen-bond donors (Lipinski definition) is 0. The van der Waals surface area contributed by atoms with E-state index in [1.165, 1.54) is 23.4 Å². The molecular formula is C31H33F2N5O2. The van der Waals surface area contributed by atoms with Gasteiger partial charge in [-0.3, -0.25) is 14.7 Å². The lowest BCUT2D eigenvalue weighted by Gasteiger charge is -2.40. The van der Waals surface area contributed by atoms with E-state index in [2.05, 4.69) is 31.7 Å². The third-order valence-electron chi connectivity index (χ3n) is 7.62. The smallest absolute Gasteiger partial charge is 0.259 e. The molecule has 0 bridgehead atoms. The van der Waals surface area contributed by atoms with Crippen LogP contribution in [0.2, 0.25) is 0 Å². The minimum atomic E-state index is -0.915. The van der Waals surface area contributed by atoms with Crippen molar-refractivity contribution in [2.45, 2.75) is 45.6 Å². The summed E-state index contributed by atoms with van der Waals surface area (Å²) in [6.07, 6.45) is 6.39. The Morgan fingerprint density at radius 1 is 0.975 bits per heavy atom. The average molecular weight is 546 g/mol. The van der Waals surface area contributed by atoms with Gasteiger partial charge in [-0.1, -0.05) is 25.7 Å². The minimum absolute atomic E-state index is 0.205. The zero-order valence-corrected chi connectivity index (χ0v) is 22.9. The van der Waals surface area contributed by atoms with E-state index in [-0.39, 0.29) is 5.56 Å². The van der Waals surface area contributed by atoms with Crippen molar-refractivity contribution in [3.8, 4) is 23.1 Å². The lowest BCUT2D eigenvalue weighted by molar-refractivity contribution is 0.0135. The number of ether oxygens (including phenoxy) is 1. The Morgan fingerprint density at radius 3 is 2.33 bits per heavy atom. The molecule has 2 aliphatic heterocycles. The standard InChI is InChI=1S/C31H33F2N5O2/c1-3-23-7-5-21(19-34-23)6-8-25-28(4-2)35-20-36-30(25)22-17-26(32)29(27(33)18-22)31(39)38-13-11-37(12-14-38)24-9-15-40-16-10-24/h5,7,17-20,24H,3-4,9-16H2,1-2H3. The van der Waals surface area contributed by atoms with Gasteiger partial charge in [-0.2, -0.15) is 0 Å². The van der Waals surface area contributed by atoms with Gasteiger partial charge in [0.05, 0.1) is 17.0 Å². The van der Waals surface area contributed by atoms with Crippen molar-refractivity contribution in [1.29, 1.82) is 0 Å². The molecule has 2 aromatic heterocycles. The molecule has 0 spiro atoms. The maximum absolute atomic E-state index is 15.4. The average Bonchev–Trinajstić information content (AvgIpc) is 3.00. The molecule has 1 amide bonds. The molecule has 2 saturated heterocycles. The van der Waals surface area contributed by atoms with Crippen LogP contribution in [0.1, 0.15) is 59.6 Å². The Hall–Kier alpha value is -3.74. The summed E-state index contributed by atoms with van der Waals surface area (Å²) in [5.74, 6) is 3.71. The Morgan fingerprint density at radius 2 is 1.70 bits per heavy atom. The summed E-state index contributed by atoms with van der Waals surface area (Å²) >= 11 is 0. The number of hydrogen-bond acceptors (Lipinski definition) is 6. The van der Waals surface area contributed by atoms with Crippen LogP contribution in [0.3, 0.4) is 0 Å². The van der Waals surface area contributed by atoms with E-state index in [1.807, 2.05) is 26.0 Å². The molecule has 4 heterocycles. The number of nitrogens with zero attached hydrogens (tertiary/aromatic N) is 5. The Bertz CT molecular complexity index is 1400. The number of pyridine rings is 1. The monoisotopic (exact) mass is 545 g/mol. The third-order valence-corrected chi connectivity index (χ3v) is 7.62. The number of benzene rings is 1. The lowest BCUT2D eigenvalue weighted by atomic mass is 10.0. The summed E-state index contributed by atoms with van der Waals surface area (Å²) in [5.41, 5.74) is 2.82. The highest BCUT2D eigenvalue weighted by Crippen LogP contribution is 2.28. The summed E-state index contributed by atoms with van der Waals surface area (Å²) in [4.78, 5) is 30.1. The van der Waals surface area contributed by atoms with Crippen LogP contribution in [-0.2, 0) is 17.6 Å². The van der Waals surface area contributed by atoms with Crippen molar-refractivity contribution < 1.29 is 18.3 Å². The summed E-state index contributed by atoms with van der Waals surface area (Å²) in [6.45, 7) is 7.66. The van der Waals surface area contributed by atoms with Crippen LogP contribution in [0.5, 0.6) is 0 Å². The molecule has 40 heavy (non-hydrogen) atoms. The van der Waals surface area contributed by atoms with Gasteiger partial charge in [0.15, 0.2) is 0 Å². The number of aromatic nitrogens is 3. The van der Waals surface area contributed by atoms with Crippen molar-refractivity contribution in [2.75, 3.05) is 39.4 Å². The van der Waals surface area contributed by atoms with Crippen molar-refractivity contribution in [3.05, 3.63) is 76.5 Å². The highest BCUT2D eigenvalue weighted by molar-refractivity contribution is 5.95. The Balaban J connectivity index is 1.38. The summed E-state index contributed by atoms with van der Waals surface area (Å²) in [6, 6.07) is 6.57. The van der Waals surface area contributed by atoms with Crippen LogP contribution in [0, 0.1) is 23.5 Å². The molecule has 5 rings (SSSR count). The Kier molecular flexibility index (Phi) is 8.78. The van der Waals surface area contributed by atoms with Crippen molar-refractivity contribution in [1.82, 2.24) is 24.8 Å². The van der Waals surface area contributed by atoms with Gasteiger partial charge in [-0.15, -0.1) is 0 Å². The summed E-state index contributed by atoms with van der Waals surface area (Å²) in [5, 5.41) is 0. The number of amides is 1. The molecule has 2 fully saturated rings. The fourth-order valence-corrected chi connectivity index (χ4v) is 5.30. The molecule has 0 N–H and O–H groups in total. The van der Waals surface area contributed by atoms with Gasteiger partial charge in [0.25, 0.3) is 5.91 Å². The number of rotatable bonds is 5. The van der Waals surface area contributed by atoms with Gasteiger partial charge >= 0.3 is 0 Å². The van der Waals surface area contributed by atoms with Crippen LogP contribution in [0.15, 0.2) is 36.8 Å². The second kappa shape index (κ2) is 12.6. The molecule has 1 aromatic carbocycles. The first-order valence-corrected chi connectivity index (χ1v) is 13.9. The first-order chi connectivity index (χ1) is 19.5. The maximum atomic E-state index is 15.4. The van der Waals surface area contributed by atoms with E-state index in [0.29, 0.717) is 61.2 Å². The topological polar surface area (TPSA) is 71.5 Å². The molecule has 9 heteroatoms. The largest absolute Gasteiger partial charge is 0.381 e. The molecule has 0 radical (unpaired) electrons. The Labute approximate surface area is 233 Å². The second-order valence-corrected chi connectivity index (χ2v) is 10.0. The van der Waals surface area contributed by atoms with Crippen LogP contribution in [0.25, 0.3) is 11.3 Å². The quantitative estimate of drug-likeness (QED) is 0.446. The van der Waals surface area contributed by atoms with Gasteiger partial charge in [0.1, 0.15) is 23.5 Å². The predicted molar refractivity (Wildman–Crippen MR) is 148 cm³/mol. The molecule has 0 atom stereocenters. The van der Waals surface area contributed by atoms with Gasteiger partial charge in [-0.25, -0.2) is 18.7 Å². The highest BCUT2D eigenvalue weighted by atomic mass is 19.1. The lowest BCUT2D eigenvalue weighted by Crippen LogP contribution is -2.53. The maximum Gasteiger partial charge on any atom is 0.259 e. The highest BCUT2D eigenvalue weighted by Gasteiger charge is 2.30. The first-order valence-electron chi connectivity index (χ1n) is 13.9. The first kappa shape index (κ1) is 27.8. The second-order valence-electron chi connectivity index (χ2n) is 10.0. The number of carbonyl (C=O) groups is 1. The van der Waals surface area contributed by atoms with E-state index in [4.69, 9.17) is 4.74 Å². The van der Waals surface area contributed by atoms with Crippen LogP contribution in [-0.4, -0.2) is 76.1 Å². The van der Waals surface area contributed by atoms with Crippen molar-refractivity contribution >= 4 is 5.91 Å². The number of piperazine rings is 1. The summed E-state index contributed by atoms with van der Waals surface area (Å²) < 4.78 is 36.3. The molecular weight excluding hydrogens is 512 g/mol. The predicted octanol–water partition coefficient (Wildman–Crippen LogP) is 4.28. The van der Waals surface area contributed by atoms with E-state index >= 15 is 8.78 Å². The number of halogens is 2. The normalized spacial score (nSPS) is 16.4. The SMILES string of the molecule is CCc1ccc(C#Cc2c(CC)ncnc2-c2cc(F)c(C(=O)N3CCN(C4CCOCC4)CC3)c(F)c2)cn1. The molecule has 3 aromatic rings. The zero-order chi connectivity index (χ0) is 28.1. The van der Waals surface area contributed by atoms with Gasteiger partial charge in [-0.05, 0) is 49.9 Å². The third kappa shape index (κ3) is 6.03. The van der Waals surface area contributed by atoms with Crippen molar-refractivity contribution in [2.24, 2.45) is 0 Å². The van der Waals surface area contributed by atoms with E-state index in [9.17, 15) is 4.79 Å². The zero-order valence-electron chi connectivity index (χ0n) is 22.9. The van der Waals surface area contributed by atoms with Crippen molar-refractivity contribution in [3.63, 3.8) is 0 Å². The molecule has 7 nitrogen and oxygen atoms in total. The molecule has 0 aliphatic carbocycles. The van der Waals surface area contributed by atoms with E-state index in [0.717, 1.165) is 38.2 Å². The van der Waals surface area contributed by atoms with Crippen LogP contribution >= 0.6 is 0 Å². The fourth-order valence-electron chi connectivity index (χ4n) is 5.30. The van der Waals surface area contributed by atoms with E-state index in [1.54, 1.807) is 6.20 Å². The van der Waals surface area contributed by atoms with Gasteiger partial charge in [0, 0.05) is 68.5 Å². The summed E-state index contributed by atoms with van der Waals surface area (Å²) in [7, 11) is 0. The fraction of sp³-hybridized carbons (Fsp3) is 0.419. The number of carbonyl (C=O) groups excluding carboxylic acids is 1. The number of aryl methyl sites for hydroxylation is 2. The van der Waals surface area contributed by atoms with E-state index < -0.39 is 23.1 Å². The molecule has 0 saturated carbocycles. The molecule has 208 valence electrons.